The number of pyridine rings is 1. The van der Waals surface area contributed by atoms with Crippen LogP contribution in [0, 0.1) is 0 Å². The monoisotopic (exact) mass is 267 g/mol. The van der Waals surface area contributed by atoms with E-state index < -0.39 is 11.7 Å². The fourth-order valence-electron chi connectivity index (χ4n) is 1.75. The number of nitrogens with zero attached hydrogens (tertiary/aromatic N) is 2. The Labute approximate surface area is 103 Å². The zero-order valence-corrected chi connectivity index (χ0v) is 9.81. The van der Waals surface area contributed by atoms with Crippen molar-refractivity contribution in [3.8, 4) is 0 Å². The van der Waals surface area contributed by atoms with E-state index in [-0.39, 0.29) is 18.2 Å². The van der Waals surface area contributed by atoms with E-state index in [9.17, 15) is 13.2 Å². The van der Waals surface area contributed by atoms with Gasteiger partial charge in [-0.25, -0.2) is 4.98 Å². The number of rotatable bonds is 1. The molecule has 1 aromatic heterocycles. The third-order valence-corrected chi connectivity index (χ3v) is 2.51. The van der Waals surface area contributed by atoms with Crippen LogP contribution in [0.1, 0.15) is 5.56 Å². The minimum absolute atomic E-state index is 0. The van der Waals surface area contributed by atoms with Gasteiger partial charge >= 0.3 is 6.18 Å². The molecule has 0 bridgehead atoms. The molecule has 0 radical (unpaired) electrons. The van der Waals surface area contributed by atoms with Crippen LogP contribution >= 0.6 is 12.4 Å². The first-order valence-electron chi connectivity index (χ1n) is 5.07. The summed E-state index contributed by atoms with van der Waals surface area (Å²) in [5.74, 6) is 0.0384. The predicted molar refractivity (Wildman–Crippen MR) is 61.6 cm³/mol. The molecule has 3 nitrogen and oxygen atoms in total. The van der Waals surface area contributed by atoms with Gasteiger partial charge in [0.25, 0.3) is 0 Å². The Morgan fingerprint density at radius 3 is 2.47 bits per heavy atom. The summed E-state index contributed by atoms with van der Waals surface area (Å²) in [6.45, 7) is 2.49. The highest BCUT2D eigenvalue weighted by Crippen LogP contribution is 2.35. The molecule has 0 atom stereocenters. The van der Waals surface area contributed by atoms with Crippen molar-refractivity contribution in [2.24, 2.45) is 0 Å². The lowest BCUT2D eigenvalue weighted by Crippen LogP contribution is -2.44. The van der Waals surface area contributed by atoms with Gasteiger partial charge in [-0.05, 0) is 12.1 Å². The van der Waals surface area contributed by atoms with Crippen LogP contribution in [0.4, 0.5) is 19.0 Å². The lowest BCUT2D eigenvalue weighted by Gasteiger charge is -2.30. The number of nitrogens with one attached hydrogen (secondary N) is 1. The van der Waals surface area contributed by atoms with Crippen LogP contribution in [0.3, 0.4) is 0 Å². The number of hydrogen-bond acceptors (Lipinski definition) is 3. The van der Waals surface area contributed by atoms with E-state index >= 15 is 0 Å². The first kappa shape index (κ1) is 14.1. The topological polar surface area (TPSA) is 28.2 Å². The molecule has 0 aliphatic carbocycles. The van der Waals surface area contributed by atoms with Crippen molar-refractivity contribution < 1.29 is 13.2 Å². The van der Waals surface area contributed by atoms with Crippen LogP contribution in [-0.2, 0) is 6.18 Å². The summed E-state index contributed by atoms with van der Waals surface area (Å²) in [5.41, 5.74) is -0.656. The molecular formula is C10H13ClF3N3. The smallest absolute Gasteiger partial charge is 0.354 e. The molecule has 0 unspecified atom stereocenters. The van der Waals surface area contributed by atoms with Crippen molar-refractivity contribution >= 4 is 18.2 Å². The lowest BCUT2D eigenvalue weighted by atomic mass is 10.2. The number of anilines is 1. The van der Waals surface area contributed by atoms with Crippen LogP contribution in [0.5, 0.6) is 0 Å². The van der Waals surface area contributed by atoms with Gasteiger partial charge in [0.05, 0.1) is 5.56 Å². The van der Waals surface area contributed by atoms with E-state index in [0.29, 0.717) is 26.2 Å². The second-order valence-electron chi connectivity index (χ2n) is 3.61. The quantitative estimate of drug-likeness (QED) is 0.843. The molecule has 0 aromatic carbocycles. The summed E-state index contributed by atoms with van der Waals surface area (Å²) in [6, 6.07) is 2.39. The standard InChI is InChI=1S/C10H12F3N3.ClH/c11-10(12,13)8-2-1-3-15-9(8)16-6-4-14-5-7-16;/h1-3,14H,4-7H2;1H. The first-order valence-corrected chi connectivity index (χ1v) is 5.07. The summed E-state index contributed by atoms with van der Waals surface area (Å²) in [5, 5.41) is 3.09. The number of piperazine rings is 1. The van der Waals surface area contributed by atoms with Crippen molar-refractivity contribution in [1.82, 2.24) is 10.3 Å². The Morgan fingerprint density at radius 1 is 1.24 bits per heavy atom. The van der Waals surface area contributed by atoms with Gasteiger partial charge in [-0.3, -0.25) is 0 Å². The molecule has 0 amide bonds. The van der Waals surface area contributed by atoms with Crippen molar-refractivity contribution in [3.63, 3.8) is 0 Å². The van der Waals surface area contributed by atoms with Gasteiger partial charge in [-0.2, -0.15) is 13.2 Å². The molecule has 2 heterocycles. The van der Waals surface area contributed by atoms with Gasteiger partial charge in [-0.15, -0.1) is 12.4 Å². The summed E-state index contributed by atoms with van der Waals surface area (Å²) in [7, 11) is 0. The molecule has 1 aliphatic heterocycles. The van der Waals surface area contributed by atoms with E-state index in [1.54, 1.807) is 4.90 Å². The number of halogens is 4. The molecule has 1 aromatic rings. The molecule has 1 saturated heterocycles. The molecule has 2 rings (SSSR count). The highest BCUT2D eigenvalue weighted by molar-refractivity contribution is 5.85. The fourth-order valence-corrected chi connectivity index (χ4v) is 1.75. The molecule has 96 valence electrons. The van der Waals surface area contributed by atoms with Crippen molar-refractivity contribution in [2.75, 3.05) is 31.1 Å². The van der Waals surface area contributed by atoms with E-state index in [4.69, 9.17) is 0 Å². The maximum absolute atomic E-state index is 12.7. The Kier molecular flexibility index (Phi) is 4.59. The van der Waals surface area contributed by atoms with Gasteiger partial charge in [0.15, 0.2) is 0 Å². The van der Waals surface area contributed by atoms with Gasteiger partial charge in [0, 0.05) is 32.4 Å². The van der Waals surface area contributed by atoms with E-state index in [1.807, 2.05) is 0 Å². The van der Waals surface area contributed by atoms with Gasteiger partial charge in [-0.1, -0.05) is 0 Å². The molecule has 7 heteroatoms. The highest BCUT2D eigenvalue weighted by Gasteiger charge is 2.35. The van der Waals surface area contributed by atoms with Crippen molar-refractivity contribution in [3.05, 3.63) is 23.9 Å². The van der Waals surface area contributed by atoms with E-state index in [1.165, 1.54) is 12.3 Å². The van der Waals surface area contributed by atoms with Crippen LogP contribution in [0.15, 0.2) is 18.3 Å². The molecule has 1 aliphatic rings. The molecule has 1 N–H and O–H groups in total. The molecule has 1 fully saturated rings. The second kappa shape index (κ2) is 5.55. The van der Waals surface area contributed by atoms with Gasteiger partial charge in [0.1, 0.15) is 5.82 Å². The normalized spacial score (nSPS) is 16.5. The maximum Gasteiger partial charge on any atom is 0.419 e. The van der Waals surface area contributed by atoms with Crippen LogP contribution in [0.25, 0.3) is 0 Å². The molecule has 0 saturated carbocycles. The first-order chi connectivity index (χ1) is 7.59. The van der Waals surface area contributed by atoms with Crippen LogP contribution < -0.4 is 10.2 Å². The average molecular weight is 268 g/mol. The summed E-state index contributed by atoms with van der Waals surface area (Å²) in [6.07, 6.45) is -2.94. The second-order valence-corrected chi connectivity index (χ2v) is 3.61. The maximum atomic E-state index is 12.7. The Balaban J connectivity index is 0.00000144. The predicted octanol–water partition coefficient (Wildman–Crippen LogP) is 1.93. The highest BCUT2D eigenvalue weighted by atomic mass is 35.5. The largest absolute Gasteiger partial charge is 0.419 e. The average Bonchev–Trinajstić information content (AvgIpc) is 2.29. The van der Waals surface area contributed by atoms with Crippen LogP contribution in [-0.4, -0.2) is 31.2 Å². The Bertz CT molecular complexity index is 364. The zero-order valence-electron chi connectivity index (χ0n) is 9.00. The molecular weight excluding hydrogens is 255 g/mol. The Hall–Kier alpha value is -1.01. The SMILES string of the molecule is Cl.FC(F)(F)c1cccnc1N1CCNCC1. The van der Waals surface area contributed by atoms with Gasteiger partial charge < -0.3 is 10.2 Å². The number of aromatic nitrogens is 1. The summed E-state index contributed by atoms with van der Waals surface area (Å²) in [4.78, 5) is 5.51. The number of hydrogen-bond donors (Lipinski definition) is 1. The molecule has 17 heavy (non-hydrogen) atoms. The van der Waals surface area contributed by atoms with Crippen molar-refractivity contribution in [1.29, 1.82) is 0 Å². The van der Waals surface area contributed by atoms with Gasteiger partial charge in [0.2, 0.25) is 0 Å². The van der Waals surface area contributed by atoms with E-state index in [2.05, 4.69) is 10.3 Å². The minimum Gasteiger partial charge on any atom is -0.354 e. The van der Waals surface area contributed by atoms with Crippen LogP contribution in [0.2, 0.25) is 0 Å². The zero-order chi connectivity index (χ0) is 11.6. The summed E-state index contributed by atoms with van der Waals surface area (Å²) < 4.78 is 38.2. The summed E-state index contributed by atoms with van der Waals surface area (Å²) >= 11 is 0. The number of alkyl halides is 3. The lowest BCUT2D eigenvalue weighted by molar-refractivity contribution is -0.137. The third-order valence-electron chi connectivity index (χ3n) is 2.51. The van der Waals surface area contributed by atoms with Crippen molar-refractivity contribution in [2.45, 2.75) is 6.18 Å². The van der Waals surface area contributed by atoms with E-state index in [0.717, 1.165) is 6.07 Å². The fraction of sp³-hybridized carbons (Fsp3) is 0.500. The molecule has 0 spiro atoms. The Morgan fingerprint density at radius 2 is 1.88 bits per heavy atom. The minimum atomic E-state index is -4.34. The third kappa shape index (κ3) is 3.23.